The van der Waals surface area contributed by atoms with Crippen LogP contribution in [0.15, 0.2) is 42.5 Å². The molecule has 1 heterocycles. The Morgan fingerprint density at radius 1 is 0.889 bits per heavy atom. The van der Waals surface area contributed by atoms with Gasteiger partial charge in [-0.1, -0.05) is 18.2 Å². The van der Waals surface area contributed by atoms with E-state index in [0.717, 1.165) is 0 Å². The molecule has 2 aromatic carbocycles. The van der Waals surface area contributed by atoms with Crippen molar-refractivity contribution >= 4 is 5.91 Å². The zero-order valence-electron chi connectivity index (χ0n) is 15.4. The molecule has 0 bridgehead atoms. The lowest BCUT2D eigenvalue weighted by Crippen LogP contribution is -2.15. The third kappa shape index (κ3) is 3.41. The van der Waals surface area contributed by atoms with Crippen LogP contribution in [0, 0.1) is 0 Å². The minimum absolute atomic E-state index is 0.0723. The molecule has 0 unspecified atom stereocenters. The zero-order chi connectivity index (χ0) is 19.4. The Labute approximate surface area is 156 Å². The minimum Gasteiger partial charge on any atom is -0.493 e. The minimum atomic E-state index is -0.338. The van der Waals surface area contributed by atoms with E-state index in [0.29, 0.717) is 34.2 Å². The Bertz CT molecular complexity index is 928. The van der Waals surface area contributed by atoms with E-state index in [9.17, 15) is 4.79 Å². The summed E-state index contributed by atoms with van der Waals surface area (Å²) in [5.41, 5.74) is 1.03. The SMILES string of the molecule is COc1nc(-c2cc(OC)c(OC)c(OC)c2)n(C(=O)c2ccccc2)n1. The van der Waals surface area contributed by atoms with Gasteiger partial charge in [-0.15, -0.1) is 5.10 Å². The zero-order valence-corrected chi connectivity index (χ0v) is 15.4. The normalized spacial score (nSPS) is 10.4. The molecule has 8 nitrogen and oxygen atoms in total. The lowest BCUT2D eigenvalue weighted by Gasteiger charge is -2.14. The van der Waals surface area contributed by atoms with Crippen molar-refractivity contribution in [2.75, 3.05) is 28.4 Å². The highest BCUT2D eigenvalue weighted by atomic mass is 16.5. The van der Waals surface area contributed by atoms with Crippen LogP contribution in [0.25, 0.3) is 11.4 Å². The Kier molecular flexibility index (Phi) is 5.25. The quantitative estimate of drug-likeness (QED) is 0.660. The van der Waals surface area contributed by atoms with Gasteiger partial charge in [-0.05, 0) is 24.3 Å². The highest BCUT2D eigenvalue weighted by molar-refractivity contribution is 5.97. The molecule has 3 aromatic rings. The van der Waals surface area contributed by atoms with Crippen LogP contribution in [0.4, 0.5) is 0 Å². The van der Waals surface area contributed by atoms with Gasteiger partial charge < -0.3 is 18.9 Å². The molecule has 0 saturated carbocycles. The second kappa shape index (κ2) is 7.77. The van der Waals surface area contributed by atoms with E-state index in [-0.39, 0.29) is 11.9 Å². The van der Waals surface area contributed by atoms with Gasteiger partial charge in [0, 0.05) is 11.1 Å². The van der Waals surface area contributed by atoms with E-state index in [1.807, 2.05) is 6.07 Å². The summed E-state index contributed by atoms with van der Waals surface area (Å²) in [5, 5.41) is 4.16. The van der Waals surface area contributed by atoms with Crippen LogP contribution in [0.5, 0.6) is 23.3 Å². The largest absolute Gasteiger partial charge is 0.493 e. The van der Waals surface area contributed by atoms with Crippen molar-refractivity contribution in [2.45, 2.75) is 0 Å². The van der Waals surface area contributed by atoms with Crippen LogP contribution in [-0.4, -0.2) is 49.1 Å². The van der Waals surface area contributed by atoms with E-state index in [2.05, 4.69) is 10.1 Å². The van der Waals surface area contributed by atoms with Crippen LogP contribution >= 0.6 is 0 Å². The average Bonchev–Trinajstić information content (AvgIpc) is 3.17. The first-order valence-electron chi connectivity index (χ1n) is 8.04. The van der Waals surface area contributed by atoms with Crippen molar-refractivity contribution in [3.63, 3.8) is 0 Å². The van der Waals surface area contributed by atoms with Gasteiger partial charge >= 0.3 is 6.01 Å². The van der Waals surface area contributed by atoms with Gasteiger partial charge in [-0.3, -0.25) is 4.79 Å². The summed E-state index contributed by atoms with van der Waals surface area (Å²) in [6.45, 7) is 0. The Morgan fingerprint density at radius 3 is 2.04 bits per heavy atom. The number of hydrogen-bond acceptors (Lipinski definition) is 7. The maximum Gasteiger partial charge on any atom is 0.336 e. The summed E-state index contributed by atoms with van der Waals surface area (Å²) < 4.78 is 22.4. The van der Waals surface area contributed by atoms with Crippen LogP contribution in [-0.2, 0) is 0 Å². The summed E-state index contributed by atoms with van der Waals surface area (Å²) in [5.74, 6) is 1.27. The molecule has 3 rings (SSSR count). The molecule has 0 fully saturated rings. The molecule has 0 aliphatic heterocycles. The summed E-state index contributed by atoms with van der Waals surface area (Å²) in [4.78, 5) is 17.2. The molecule has 0 saturated heterocycles. The number of methoxy groups -OCH3 is 4. The number of carbonyl (C=O) groups is 1. The molecule has 0 aliphatic carbocycles. The smallest absolute Gasteiger partial charge is 0.336 e. The van der Waals surface area contributed by atoms with Crippen molar-refractivity contribution in [1.82, 2.24) is 14.8 Å². The fourth-order valence-corrected chi connectivity index (χ4v) is 2.62. The standard InChI is InChI=1S/C19H19N3O5/c1-24-14-10-13(11-15(25-2)16(14)26-3)17-20-19(27-4)21-22(17)18(23)12-8-6-5-7-9-12/h5-11H,1-4H3. The van der Waals surface area contributed by atoms with Crippen molar-refractivity contribution in [3.8, 4) is 34.6 Å². The van der Waals surface area contributed by atoms with E-state index < -0.39 is 0 Å². The highest BCUT2D eigenvalue weighted by Crippen LogP contribution is 2.41. The van der Waals surface area contributed by atoms with Crippen molar-refractivity contribution < 1.29 is 23.7 Å². The number of carbonyl (C=O) groups excluding carboxylic acids is 1. The van der Waals surface area contributed by atoms with E-state index >= 15 is 0 Å². The Balaban J connectivity index is 2.17. The fraction of sp³-hybridized carbons (Fsp3) is 0.211. The number of benzene rings is 2. The van der Waals surface area contributed by atoms with Crippen molar-refractivity contribution in [1.29, 1.82) is 0 Å². The Hall–Kier alpha value is -3.55. The third-order valence-corrected chi connectivity index (χ3v) is 3.91. The molecule has 0 aliphatic rings. The van der Waals surface area contributed by atoms with Crippen LogP contribution in [0.1, 0.15) is 10.4 Å². The predicted octanol–water partition coefficient (Wildman–Crippen LogP) is 2.67. The number of ether oxygens (including phenoxy) is 4. The second-order valence-electron chi connectivity index (χ2n) is 5.42. The molecule has 140 valence electrons. The first-order chi connectivity index (χ1) is 13.1. The molecular formula is C19H19N3O5. The average molecular weight is 369 g/mol. The van der Waals surface area contributed by atoms with Gasteiger partial charge in [-0.2, -0.15) is 9.67 Å². The summed E-state index contributed by atoms with van der Waals surface area (Å²) in [6, 6.07) is 12.3. The number of rotatable bonds is 6. The molecule has 1 aromatic heterocycles. The maximum absolute atomic E-state index is 12.9. The van der Waals surface area contributed by atoms with Gasteiger partial charge in [0.15, 0.2) is 17.3 Å². The highest BCUT2D eigenvalue weighted by Gasteiger charge is 2.22. The van der Waals surface area contributed by atoms with E-state index in [4.69, 9.17) is 18.9 Å². The van der Waals surface area contributed by atoms with Crippen LogP contribution in [0.3, 0.4) is 0 Å². The number of aromatic nitrogens is 3. The molecular weight excluding hydrogens is 350 g/mol. The van der Waals surface area contributed by atoms with E-state index in [1.165, 1.54) is 33.1 Å². The first-order valence-corrected chi connectivity index (χ1v) is 8.04. The summed E-state index contributed by atoms with van der Waals surface area (Å²) in [7, 11) is 5.99. The van der Waals surface area contributed by atoms with Crippen molar-refractivity contribution in [3.05, 3.63) is 48.0 Å². The molecule has 0 N–H and O–H groups in total. The van der Waals surface area contributed by atoms with Gasteiger partial charge in [0.05, 0.1) is 28.4 Å². The topological polar surface area (TPSA) is 84.7 Å². The second-order valence-corrected chi connectivity index (χ2v) is 5.42. The number of nitrogens with zero attached hydrogens (tertiary/aromatic N) is 3. The lowest BCUT2D eigenvalue weighted by atomic mass is 10.1. The van der Waals surface area contributed by atoms with Crippen LogP contribution in [0.2, 0.25) is 0 Å². The Morgan fingerprint density at radius 2 is 1.52 bits per heavy atom. The molecule has 0 atom stereocenters. The molecule has 0 amide bonds. The molecule has 0 radical (unpaired) electrons. The van der Waals surface area contributed by atoms with Gasteiger partial charge in [0.1, 0.15) is 0 Å². The third-order valence-electron chi connectivity index (χ3n) is 3.91. The van der Waals surface area contributed by atoms with Gasteiger partial charge in [0.25, 0.3) is 5.91 Å². The van der Waals surface area contributed by atoms with E-state index in [1.54, 1.807) is 36.4 Å². The predicted molar refractivity (Wildman–Crippen MR) is 97.8 cm³/mol. The number of hydrogen-bond donors (Lipinski definition) is 0. The van der Waals surface area contributed by atoms with Crippen molar-refractivity contribution in [2.24, 2.45) is 0 Å². The molecule has 27 heavy (non-hydrogen) atoms. The first kappa shape index (κ1) is 18.2. The lowest BCUT2D eigenvalue weighted by molar-refractivity contribution is 0.0945. The maximum atomic E-state index is 12.9. The van der Waals surface area contributed by atoms with Gasteiger partial charge in [0.2, 0.25) is 5.75 Å². The summed E-state index contributed by atoms with van der Waals surface area (Å²) >= 11 is 0. The van der Waals surface area contributed by atoms with Crippen LogP contribution < -0.4 is 18.9 Å². The molecule has 0 spiro atoms. The molecule has 8 heteroatoms. The van der Waals surface area contributed by atoms with Gasteiger partial charge in [-0.25, -0.2) is 0 Å². The summed E-state index contributed by atoms with van der Waals surface area (Å²) in [6.07, 6.45) is 0. The monoisotopic (exact) mass is 369 g/mol. The fourth-order valence-electron chi connectivity index (χ4n) is 2.62.